The number of benzene rings is 1. The Morgan fingerprint density at radius 3 is 2.65 bits per heavy atom. The highest BCUT2D eigenvalue weighted by molar-refractivity contribution is 7.18. The topological polar surface area (TPSA) is 67.2 Å². The Balaban J connectivity index is 1.75. The highest BCUT2D eigenvalue weighted by atomic mass is 32.1. The number of aromatic nitrogens is 2. The third-order valence-electron chi connectivity index (χ3n) is 6.91. The first kappa shape index (κ1) is 24.6. The summed E-state index contributed by atoms with van der Waals surface area (Å²) >= 11 is 1.66. The molecule has 0 atom stereocenters. The molecule has 1 aliphatic rings. The SMILES string of the molecule is CCN(CC)Cc1nc2sc3c(c2c(=O)n1CC(=O)Nc1c(C)cccc1C(C)C)CCCC3. The number of anilines is 1. The van der Waals surface area contributed by atoms with Gasteiger partial charge in [-0.15, -0.1) is 11.3 Å². The zero-order valence-electron chi connectivity index (χ0n) is 21.0. The van der Waals surface area contributed by atoms with Crippen LogP contribution in [0.25, 0.3) is 10.2 Å². The average molecular weight is 481 g/mol. The Morgan fingerprint density at radius 1 is 1.21 bits per heavy atom. The normalized spacial score (nSPS) is 13.6. The van der Waals surface area contributed by atoms with Crippen LogP contribution >= 0.6 is 11.3 Å². The van der Waals surface area contributed by atoms with Crippen molar-refractivity contribution < 1.29 is 4.79 Å². The number of hydrogen-bond acceptors (Lipinski definition) is 5. The molecule has 0 unspecified atom stereocenters. The monoisotopic (exact) mass is 480 g/mol. The van der Waals surface area contributed by atoms with Crippen LogP contribution < -0.4 is 10.9 Å². The number of fused-ring (bicyclic) bond motifs is 3. The van der Waals surface area contributed by atoms with Crippen molar-refractivity contribution in [3.63, 3.8) is 0 Å². The summed E-state index contributed by atoms with van der Waals surface area (Å²) in [6.07, 6.45) is 4.21. The van der Waals surface area contributed by atoms with Crippen LogP contribution in [0, 0.1) is 6.92 Å². The summed E-state index contributed by atoms with van der Waals surface area (Å²) in [6, 6.07) is 6.08. The van der Waals surface area contributed by atoms with Crippen LogP contribution in [0.5, 0.6) is 0 Å². The molecule has 0 bridgehead atoms. The van der Waals surface area contributed by atoms with Gasteiger partial charge >= 0.3 is 0 Å². The van der Waals surface area contributed by atoms with Gasteiger partial charge in [-0.1, -0.05) is 45.9 Å². The Kier molecular flexibility index (Phi) is 7.53. The predicted octanol–water partition coefficient (Wildman–Crippen LogP) is 5.25. The zero-order valence-corrected chi connectivity index (χ0v) is 21.8. The number of rotatable bonds is 8. The van der Waals surface area contributed by atoms with E-state index < -0.39 is 0 Å². The largest absolute Gasteiger partial charge is 0.324 e. The molecule has 0 radical (unpaired) electrons. The standard InChI is InChI=1S/C27H36N4O2S/c1-6-30(7-2)15-22-28-26-24(20-12-8-9-14-21(20)34-26)27(33)31(22)16-23(32)29-25-18(5)11-10-13-19(25)17(3)4/h10-11,13,17H,6-9,12,14-16H2,1-5H3,(H,29,32). The molecule has 0 fully saturated rings. The molecule has 0 spiro atoms. The molecule has 182 valence electrons. The van der Waals surface area contributed by atoms with E-state index in [1.807, 2.05) is 19.1 Å². The lowest BCUT2D eigenvalue weighted by molar-refractivity contribution is -0.116. The molecule has 0 aliphatic heterocycles. The molecular formula is C27H36N4O2S. The molecule has 2 heterocycles. The van der Waals surface area contributed by atoms with Crippen molar-refractivity contribution in [2.45, 2.75) is 79.3 Å². The van der Waals surface area contributed by atoms with Crippen molar-refractivity contribution in [2.24, 2.45) is 0 Å². The number of nitrogens with one attached hydrogen (secondary N) is 1. The van der Waals surface area contributed by atoms with Crippen molar-refractivity contribution >= 4 is 33.1 Å². The van der Waals surface area contributed by atoms with E-state index in [4.69, 9.17) is 4.98 Å². The number of hydrogen-bond donors (Lipinski definition) is 1. The first-order valence-electron chi connectivity index (χ1n) is 12.5. The number of nitrogens with zero attached hydrogens (tertiary/aromatic N) is 3. The maximum atomic E-state index is 13.8. The number of para-hydroxylation sites is 1. The third-order valence-corrected chi connectivity index (χ3v) is 8.09. The second-order valence-electron chi connectivity index (χ2n) is 9.51. The van der Waals surface area contributed by atoms with E-state index in [0.717, 1.165) is 71.4 Å². The molecule has 7 heteroatoms. The average Bonchev–Trinajstić information content (AvgIpc) is 3.19. The molecule has 1 aromatic carbocycles. The summed E-state index contributed by atoms with van der Waals surface area (Å²) in [7, 11) is 0. The summed E-state index contributed by atoms with van der Waals surface area (Å²) in [5.74, 6) is 0.764. The first-order valence-corrected chi connectivity index (χ1v) is 13.3. The van der Waals surface area contributed by atoms with Crippen molar-refractivity contribution in [1.29, 1.82) is 0 Å². The molecular weight excluding hydrogens is 444 g/mol. The molecule has 0 saturated carbocycles. The summed E-state index contributed by atoms with van der Waals surface area (Å²) in [5.41, 5.74) is 4.06. The zero-order chi connectivity index (χ0) is 24.4. The van der Waals surface area contributed by atoms with E-state index in [-0.39, 0.29) is 23.9 Å². The minimum atomic E-state index is -0.190. The highest BCUT2D eigenvalue weighted by Crippen LogP contribution is 2.34. The fourth-order valence-corrected chi connectivity index (χ4v) is 6.15. The van der Waals surface area contributed by atoms with Gasteiger partial charge in [0.1, 0.15) is 17.2 Å². The second-order valence-corrected chi connectivity index (χ2v) is 10.6. The second kappa shape index (κ2) is 10.4. The smallest absolute Gasteiger partial charge is 0.263 e. The molecule has 1 amide bonds. The number of carbonyl (C=O) groups is 1. The van der Waals surface area contributed by atoms with Gasteiger partial charge in [-0.3, -0.25) is 19.1 Å². The molecule has 1 N–H and O–H groups in total. The number of carbonyl (C=O) groups excluding carboxylic acids is 1. The lowest BCUT2D eigenvalue weighted by Gasteiger charge is -2.21. The van der Waals surface area contributed by atoms with Gasteiger partial charge in [0.25, 0.3) is 5.56 Å². The fraction of sp³-hybridized carbons (Fsp3) is 0.519. The van der Waals surface area contributed by atoms with Crippen LogP contribution in [-0.2, 0) is 30.7 Å². The third kappa shape index (κ3) is 4.82. The van der Waals surface area contributed by atoms with E-state index in [1.165, 1.54) is 4.88 Å². The van der Waals surface area contributed by atoms with Gasteiger partial charge in [-0.05, 0) is 68.3 Å². The van der Waals surface area contributed by atoms with Crippen LogP contribution in [0.4, 0.5) is 5.69 Å². The summed E-state index contributed by atoms with van der Waals surface area (Å²) in [6.45, 7) is 12.7. The Bertz CT molecular complexity index is 1250. The van der Waals surface area contributed by atoms with Gasteiger partial charge in [0.15, 0.2) is 0 Å². The highest BCUT2D eigenvalue weighted by Gasteiger charge is 2.24. The van der Waals surface area contributed by atoms with E-state index in [1.54, 1.807) is 15.9 Å². The summed E-state index contributed by atoms with van der Waals surface area (Å²) in [4.78, 5) is 36.4. The quantitative estimate of drug-likeness (QED) is 0.478. The van der Waals surface area contributed by atoms with Crippen LogP contribution in [0.2, 0.25) is 0 Å². The minimum absolute atomic E-state index is 0.0329. The van der Waals surface area contributed by atoms with E-state index >= 15 is 0 Å². The maximum Gasteiger partial charge on any atom is 0.263 e. The van der Waals surface area contributed by atoms with Crippen LogP contribution in [0.15, 0.2) is 23.0 Å². The lowest BCUT2D eigenvalue weighted by Crippen LogP contribution is -2.34. The Labute approximate surface area is 206 Å². The Hall–Kier alpha value is -2.51. The van der Waals surface area contributed by atoms with Crippen molar-refractivity contribution in [3.05, 3.63) is 55.9 Å². The van der Waals surface area contributed by atoms with Crippen molar-refractivity contribution in [1.82, 2.24) is 14.5 Å². The van der Waals surface area contributed by atoms with Crippen LogP contribution in [-0.4, -0.2) is 33.4 Å². The molecule has 3 aromatic rings. The van der Waals surface area contributed by atoms with Crippen LogP contribution in [0.3, 0.4) is 0 Å². The van der Waals surface area contributed by atoms with Gasteiger partial charge in [0, 0.05) is 10.6 Å². The molecule has 34 heavy (non-hydrogen) atoms. The van der Waals surface area contributed by atoms with Crippen molar-refractivity contribution in [3.8, 4) is 0 Å². The van der Waals surface area contributed by atoms with Gasteiger partial charge < -0.3 is 5.32 Å². The molecule has 6 nitrogen and oxygen atoms in total. The minimum Gasteiger partial charge on any atom is -0.324 e. The molecule has 1 aliphatic carbocycles. The fourth-order valence-electron chi connectivity index (χ4n) is 4.88. The van der Waals surface area contributed by atoms with E-state index in [0.29, 0.717) is 12.4 Å². The number of amides is 1. The van der Waals surface area contributed by atoms with E-state index in [2.05, 4.69) is 44.0 Å². The van der Waals surface area contributed by atoms with Gasteiger partial charge in [-0.2, -0.15) is 0 Å². The van der Waals surface area contributed by atoms with Gasteiger partial charge in [-0.25, -0.2) is 4.98 Å². The number of aryl methyl sites for hydroxylation is 3. The van der Waals surface area contributed by atoms with Gasteiger partial charge in [0.05, 0.1) is 11.9 Å². The van der Waals surface area contributed by atoms with Gasteiger partial charge in [0.2, 0.25) is 5.91 Å². The predicted molar refractivity (Wildman–Crippen MR) is 141 cm³/mol. The Morgan fingerprint density at radius 2 is 1.94 bits per heavy atom. The summed E-state index contributed by atoms with van der Waals surface area (Å²) in [5, 5.41) is 3.84. The van der Waals surface area contributed by atoms with E-state index in [9.17, 15) is 9.59 Å². The summed E-state index contributed by atoms with van der Waals surface area (Å²) < 4.78 is 1.62. The molecule has 2 aromatic heterocycles. The maximum absolute atomic E-state index is 13.8. The number of thiophene rings is 1. The molecule has 0 saturated heterocycles. The lowest BCUT2D eigenvalue weighted by atomic mass is 9.97. The molecule has 4 rings (SSSR count). The van der Waals surface area contributed by atoms with Crippen molar-refractivity contribution in [2.75, 3.05) is 18.4 Å². The first-order chi connectivity index (χ1) is 16.3. The van der Waals surface area contributed by atoms with Crippen LogP contribution in [0.1, 0.15) is 73.8 Å².